The maximum Gasteiger partial charge on any atom is 0.0564 e. The van der Waals surface area contributed by atoms with Crippen LogP contribution in [0.3, 0.4) is 0 Å². The number of aliphatic hydroxyl groups excluding tert-OH is 1. The molecule has 2 rings (SSSR count). The number of piperidine rings is 1. The Morgan fingerprint density at radius 2 is 1.88 bits per heavy atom. The Kier molecular flexibility index (Phi) is 4.35. The minimum absolute atomic E-state index is 0.0835. The molecule has 1 aliphatic rings. The molecule has 1 aromatic carbocycles. The van der Waals surface area contributed by atoms with Crippen LogP contribution in [0.4, 0.5) is 0 Å². The molecule has 0 spiro atoms. The Labute approximate surface area is 104 Å². The largest absolute Gasteiger partial charge is 0.393 e. The lowest BCUT2D eigenvalue weighted by Crippen LogP contribution is -2.35. The molecular weight excluding hydrogens is 210 g/mol. The maximum absolute atomic E-state index is 9.41. The molecule has 1 N–H and O–H groups in total. The van der Waals surface area contributed by atoms with Crippen molar-refractivity contribution in [3.8, 4) is 0 Å². The molecule has 2 heteroatoms. The maximum atomic E-state index is 9.41. The molecule has 2 nitrogen and oxygen atoms in total. The summed E-state index contributed by atoms with van der Waals surface area (Å²) < 4.78 is 0. The van der Waals surface area contributed by atoms with Crippen molar-refractivity contribution in [1.29, 1.82) is 0 Å². The highest BCUT2D eigenvalue weighted by atomic mass is 16.3. The Morgan fingerprint density at radius 3 is 2.53 bits per heavy atom. The number of rotatable bonds is 3. The normalized spacial score (nSPS) is 18.9. The first-order valence-electron chi connectivity index (χ1n) is 6.23. The molecule has 1 aromatic rings. The SMILES string of the molecule is [CH2]c1ccc(C=CCN2CCC(O)CC2)cc1. The number of benzene rings is 1. The van der Waals surface area contributed by atoms with Gasteiger partial charge in [-0.2, -0.15) is 0 Å². The molecule has 1 fully saturated rings. The van der Waals surface area contributed by atoms with Crippen LogP contribution >= 0.6 is 0 Å². The summed E-state index contributed by atoms with van der Waals surface area (Å²) in [5.74, 6) is 0. The van der Waals surface area contributed by atoms with E-state index in [1.54, 1.807) is 0 Å². The monoisotopic (exact) mass is 230 g/mol. The topological polar surface area (TPSA) is 23.5 Å². The summed E-state index contributed by atoms with van der Waals surface area (Å²) in [6, 6.07) is 8.21. The molecule has 1 heterocycles. The summed E-state index contributed by atoms with van der Waals surface area (Å²) in [5, 5.41) is 9.41. The lowest BCUT2D eigenvalue weighted by molar-refractivity contribution is 0.0881. The van der Waals surface area contributed by atoms with Gasteiger partial charge in [-0.25, -0.2) is 0 Å². The van der Waals surface area contributed by atoms with Crippen molar-refractivity contribution in [3.63, 3.8) is 0 Å². The van der Waals surface area contributed by atoms with Gasteiger partial charge in [0.15, 0.2) is 0 Å². The Hall–Kier alpha value is -1.12. The fraction of sp³-hybridized carbons (Fsp3) is 0.400. The average molecular weight is 230 g/mol. The summed E-state index contributed by atoms with van der Waals surface area (Å²) in [7, 11) is 0. The number of nitrogens with zero attached hydrogens (tertiary/aromatic N) is 1. The van der Waals surface area contributed by atoms with Crippen molar-refractivity contribution in [2.45, 2.75) is 18.9 Å². The predicted octanol–water partition coefficient (Wildman–Crippen LogP) is 2.34. The molecule has 0 atom stereocenters. The van der Waals surface area contributed by atoms with Crippen molar-refractivity contribution < 1.29 is 5.11 Å². The highest BCUT2D eigenvalue weighted by Crippen LogP contribution is 2.10. The molecule has 0 saturated carbocycles. The van der Waals surface area contributed by atoms with Crippen molar-refractivity contribution in [1.82, 2.24) is 4.90 Å². The van der Waals surface area contributed by atoms with Gasteiger partial charge in [0, 0.05) is 19.6 Å². The smallest absolute Gasteiger partial charge is 0.0564 e. The zero-order valence-corrected chi connectivity index (χ0v) is 10.2. The van der Waals surface area contributed by atoms with Gasteiger partial charge in [0.1, 0.15) is 0 Å². The van der Waals surface area contributed by atoms with Crippen LogP contribution in [0.25, 0.3) is 6.08 Å². The van der Waals surface area contributed by atoms with Crippen molar-refractivity contribution >= 4 is 6.08 Å². The van der Waals surface area contributed by atoms with Gasteiger partial charge in [0.2, 0.25) is 0 Å². The Bertz CT molecular complexity index is 361. The van der Waals surface area contributed by atoms with E-state index in [1.165, 1.54) is 5.56 Å². The average Bonchev–Trinajstić information content (AvgIpc) is 2.34. The van der Waals surface area contributed by atoms with Crippen LogP contribution in [0.5, 0.6) is 0 Å². The summed E-state index contributed by atoms with van der Waals surface area (Å²) in [4.78, 5) is 2.37. The molecule has 0 bridgehead atoms. The third-order valence-electron chi connectivity index (χ3n) is 3.21. The molecule has 1 aliphatic heterocycles. The standard InChI is InChI=1S/C15H20NO/c1-13-4-6-14(7-5-13)3-2-10-16-11-8-15(17)9-12-16/h2-7,15,17H,1,8-12H2. The van der Waals surface area contributed by atoms with Crippen molar-refractivity contribution in [2.24, 2.45) is 0 Å². The van der Waals surface area contributed by atoms with Gasteiger partial charge in [-0.1, -0.05) is 36.4 Å². The first-order chi connectivity index (χ1) is 8.24. The third kappa shape index (κ3) is 3.99. The second kappa shape index (κ2) is 5.99. The van der Waals surface area contributed by atoms with Crippen LogP contribution in [0.2, 0.25) is 0 Å². The Morgan fingerprint density at radius 1 is 1.24 bits per heavy atom. The van der Waals surface area contributed by atoms with Crippen LogP contribution < -0.4 is 0 Å². The quantitative estimate of drug-likeness (QED) is 0.861. The summed E-state index contributed by atoms with van der Waals surface area (Å²) in [5.41, 5.74) is 2.27. The first kappa shape index (κ1) is 12.3. The summed E-state index contributed by atoms with van der Waals surface area (Å²) >= 11 is 0. The van der Waals surface area contributed by atoms with Gasteiger partial charge in [0.25, 0.3) is 0 Å². The molecule has 1 radical (unpaired) electrons. The van der Waals surface area contributed by atoms with E-state index in [0.29, 0.717) is 0 Å². The van der Waals surface area contributed by atoms with Gasteiger partial charge < -0.3 is 5.11 Å². The fourth-order valence-corrected chi connectivity index (χ4v) is 2.07. The highest BCUT2D eigenvalue weighted by Gasteiger charge is 2.15. The van der Waals surface area contributed by atoms with Crippen LogP contribution in [-0.4, -0.2) is 35.7 Å². The van der Waals surface area contributed by atoms with Crippen LogP contribution in [-0.2, 0) is 0 Å². The predicted molar refractivity (Wildman–Crippen MR) is 71.6 cm³/mol. The van der Waals surface area contributed by atoms with Gasteiger partial charge in [0.05, 0.1) is 6.10 Å². The van der Waals surface area contributed by atoms with E-state index in [4.69, 9.17) is 0 Å². The van der Waals surface area contributed by atoms with E-state index in [2.05, 4.69) is 36.1 Å². The van der Waals surface area contributed by atoms with Crippen LogP contribution in [0.1, 0.15) is 24.0 Å². The van der Waals surface area contributed by atoms with E-state index >= 15 is 0 Å². The molecule has 0 amide bonds. The van der Waals surface area contributed by atoms with Crippen LogP contribution in [0, 0.1) is 6.92 Å². The van der Waals surface area contributed by atoms with E-state index in [1.807, 2.05) is 12.1 Å². The van der Waals surface area contributed by atoms with Gasteiger partial charge in [-0.3, -0.25) is 4.90 Å². The zero-order chi connectivity index (χ0) is 12.1. The lowest BCUT2D eigenvalue weighted by Gasteiger charge is -2.28. The van der Waals surface area contributed by atoms with Gasteiger partial charge in [-0.15, -0.1) is 0 Å². The number of aliphatic hydroxyl groups is 1. The molecule has 0 unspecified atom stereocenters. The molecule has 0 aromatic heterocycles. The summed E-state index contributed by atoms with van der Waals surface area (Å²) in [6.07, 6.45) is 6.06. The second-order valence-corrected chi connectivity index (χ2v) is 4.68. The molecular formula is C15H20NO. The second-order valence-electron chi connectivity index (χ2n) is 4.68. The molecule has 17 heavy (non-hydrogen) atoms. The Balaban J connectivity index is 1.79. The minimum atomic E-state index is -0.0835. The zero-order valence-electron chi connectivity index (χ0n) is 10.2. The third-order valence-corrected chi connectivity index (χ3v) is 3.21. The molecule has 91 valence electrons. The lowest BCUT2D eigenvalue weighted by atomic mass is 10.1. The van der Waals surface area contributed by atoms with Crippen LogP contribution in [0.15, 0.2) is 30.3 Å². The number of hydrogen-bond acceptors (Lipinski definition) is 2. The van der Waals surface area contributed by atoms with Crippen molar-refractivity contribution in [3.05, 3.63) is 48.4 Å². The molecule has 1 saturated heterocycles. The van der Waals surface area contributed by atoms with Crippen molar-refractivity contribution in [2.75, 3.05) is 19.6 Å². The molecule has 0 aliphatic carbocycles. The fourth-order valence-electron chi connectivity index (χ4n) is 2.07. The van der Waals surface area contributed by atoms with Gasteiger partial charge in [-0.05, 0) is 30.9 Å². The van der Waals surface area contributed by atoms with E-state index in [9.17, 15) is 5.11 Å². The summed E-state index contributed by atoms with van der Waals surface area (Å²) in [6.45, 7) is 6.84. The highest BCUT2D eigenvalue weighted by molar-refractivity contribution is 5.50. The first-order valence-corrected chi connectivity index (χ1v) is 6.23. The van der Waals surface area contributed by atoms with E-state index in [0.717, 1.165) is 38.0 Å². The van der Waals surface area contributed by atoms with Gasteiger partial charge >= 0.3 is 0 Å². The minimum Gasteiger partial charge on any atom is -0.393 e. The number of hydrogen-bond donors (Lipinski definition) is 1. The van der Waals surface area contributed by atoms with E-state index in [-0.39, 0.29) is 6.10 Å². The van der Waals surface area contributed by atoms with E-state index < -0.39 is 0 Å². The number of likely N-dealkylation sites (tertiary alicyclic amines) is 1.